The Morgan fingerprint density at radius 2 is 2.04 bits per heavy atom. The number of carbonyl (C=O) groups is 1. The average Bonchev–Trinajstić information content (AvgIpc) is 3.04. The summed E-state index contributed by atoms with van der Waals surface area (Å²) in [6.07, 6.45) is 0.749. The fourth-order valence-electron chi connectivity index (χ4n) is 3.34. The van der Waals surface area contributed by atoms with Gasteiger partial charge in [-0.15, -0.1) is 0 Å². The minimum Gasteiger partial charge on any atom is -0.305 e. The highest BCUT2D eigenvalue weighted by molar-refractivity contribution is 6.34. The smallest absolute Gasteiger partial charge is 0.261 e. The van der Waals surface area contributed by atoms with Crippen LogP contribution >= 0.6 is 11.6 Å². The molecule has 2 N–H and O–H groups in total. The van der Waals surface area contributed by atoms with Crippen molar-refractivity contribution >= 4 is 23.3 Å². The number of carbonyl (C=O) groups excluding carboxylic acids is 1. The van der Waals surface area contributed by atoms with Crippen molar-refractivity contribution in [2.75, 3.05) is 11.9 Å². The lowest BCUT2D eigenvalue weighted by atomic mass is 10.1. The zero-order chi connectivity index (χ0) is 18.8. The molecule has 0 aliphatic carbocycles. The molecule has 0 spiro atoms. The third-order valence-corrected chi connectivity index (χ3v) is 5.00. The third-order valence-electron chi connectivity index (χ3n) is 4.68. The number of hydrogen-bond acceptors (Lipinski definition) is 3. The Hall–Kier alpha value is -2.70. The number of aromatic amines is 1. The van der Waals surface area contributed by atoms with Gasteiger partial charge in [-0.25, -0.2) is 4.39 Å². The van der Waals surface area contributed by atoms with E-state index in [4.69, 9.17) is 11.6 Å². The summed E-state index contributed by atoms with van der Waals surface area (Å²) in [5, 5.41) is 9.97. The summed E-state index contributed by atoms with van der Waals surface area (Å²) in [7, 11) is 0. The molecule has 0 atom stereocenters. The summed E-state index contributed by atoms with van der Waals surface area (Å²) in [5.74, 6) is -0.814. The van der Waals surface area contributed by atoms with Gasteiger partial charge >= 0.3 is 0 Å². The summed E-state index contributed by atoms with van der Waals surface area (Å²) in [5.41, 5.74) is 3.01. The SMILES string of the molecule is O=C(Nc1n[nH]c2c1CCN(Cc1ccccc1)C2)c1c(F)cccc1Cl. The Bertz CT molecular complexity index is 953. The van der Waals surface area contributed by atoms with E-state index >= 15 is 0 Å². The van der Waals surface area contributed by atoms with E-state index < -0.39 is 11.7 Å². The summed E-state index contributed by atoms with van der Waals surface area (Å²) in [6, 6.07) is 14.4. The molecule has 3 aromatic rings. The maximum absolute atomic E-state index is 13.9. The normalized spacial score (nSPS) is 14.0. The van der Waals surface area contributed by atoms with Gasteiger partial charge in [0.25, 0.3) is 5.91 Å². The highest BCUT2D eigenvalue weighted by Gasteiger charge is 2.24. The van der Waals surface area contributed by atoms with Crippen molar-refractivity contribution < 1.29 is 9.18 Å². The van der Waals surface area contributed by atoms with Crippen molar-refractivity contribution in [2.24, 2.45) is 0 Å². The van der Waals surface area contributed by atoms with E-state index in [1.54, 1.807) is 0 Å². The maximum Gasteiger partial charge on any atom is 0.261 e. The molecule has 0 radical (unpaired) electrons. The number of rotatable bonds is 4. The molecule has 1 aromatic heterocycles. The molecule has 2 heterocycles. The minimum atomic E-state index is -0.654. The van der Waals surface area contributed by atoms with Gasteiger partial charge < -0.3 is 5.32 Å². The molecule has 4 rings (SSSR count). The quantitative estimate of drug-likeness (QED) is 0.714. The molecule has 5 nitrogen and oxygen atoms in total. The van der Waals surface area contributed by atoms with Gasteiger partial charge in [0.2, 0.25) is 0 Å². The van der Waals surface area contributed by atoms with E-state index in [9.17, 15) is 9.18 Å². The zero-order valence-corrected chi connectivity index (χ0v) is 15.3. The lowest BCUT2D eigenvalue weighted by Crippen LogP contribution is -2.30. The van der Waals surface area contributed by atoms with Gasteiger partial charge in [0.15, 0.2) is 5.82 Å². The second kappa shape index (κ2) is 7.50. The van der Waals surface area contributed by atoms with Gasteiger partial charge in [0.1, 0.15) is 5.82 Å². The second-order valence-corrected chi connectivity index (χ2v) is 6.93. The van der Waals surface area contributed by atoms with E-state index in [2.05, 4.69) is 32.5 Å². The van der Waals surface area contributed by atoms with Gasteiger partial charge in [0, 0.05) is 25.2 Å². The van der Waals surface area contributed by atoms with E-state index in [1.807, 2.05) is 18.2 Å². The molecular weight excluding hydrogens is 367 g/mol. The van der Waals surface area contributed by atoms with Gasteiger partial charge in [-0.2, -0.15) is 5.10 Å². The molecule has 7 heteroatoms. The largest absolute Gasteiger partial charge is 0.305 e. The molecule has 0 fully saturated rings. The third kappa shape index (κ3) is 3.72. The molecule has 0 bridgehead atoms. The fraction of sp³-hybridized carbons (Fsp3) is 0.200. The van der Waals surface area contributed by atoms with Gasteiger partial charge in [0.05, 0.1) is 16.3 Å². The van der Waals surface area contributed by atoms with Crippen molar-refractivity contribution in [3.05, 3.63) is 81.8 Å². The number of aromatic nitrogens is 2. The Balaban J connectivity index is 1.48. The Labute approximate surface area is 161 Å². The molecule has 0 unspecified atom stereocenters. The Morgan fingerprint density at radius 1 is 1.22 bits per heavy atom. The van der Waals surface area contributed by atoms with Crippen molar-refractivity contribution in [2.45, 2.75) is 19.5 Å². The summed E-state index contributed by atoms with van der Waals surface area (Å²) in [6.45, 7) is 2.42. The van der Waals surface area contributed by atoms with Crippen LogP contribution in [0.15, 0.2) is 48.5 Å². The first-order valence-electron chi connectivity index (χ1n) is 8.69. The number of anilines is 1. The van der Waals surface area contributed by atoms with Crippen molar-refractivity contribution in [1.82, 2.24) is 15.1 Å². The number of nitrogens with zero attached hydrogens (tertiary/aromatic N) is 2. The Kier molecular flexibility index (Phi) is 4.92. The molecule has 0 saturated heterocycles. The number of hydrogen-bond donors (Lipinski definition) is 2. The number of halogens is 2. The molecule has 0 saturated carbocycles. The lowest BCUT2D eigenvalue weighted by molar-refractivity contribution is 0.102. The highest BCUT2D eigenvalue weighted by atomic mass is 35.5. The fourth-order valence-corrected chi connectivity index (χ4v) is 3.59. The number of fused-ring (bicyclic) bond motifs is 1. The molecule has 138 valence electrons. The number of amides is 1. The first-order valence-corrected chi connectivity index (χ1v) is 9.07. The standard InChI is InChI=1S/C20H18ClFN4O/c21-15-7-4-8-16(22)18(15)20(27)23-19-14-9-10-26(12-17(14)24-25-19)11-13-5-2-1-3-6-13/h1-8H,9-12H2,(H2,23,24,25,27). The van der Waals surface area contributed by atoms with E-state index in [0.717, 1.165) is 30.8 Å². The Morgan fingerprint density at radius 3 is 2.81 bits per heavy atom. The van der Waals surface area contributed by atoms with Crippen LogP contribution in [0.25, 0.3) is 0 Å². The monoisotopic (exact) mass is 384 g/mol. The van der Waals surface area contributed by atoms with Crippen LogP contribution in [-0.4, -0.2) is 27.5 Å². The highest BCUT2D eigenvalue weighted by Crippen LogP contribution is 2.26. The summed E-state index contributed by atoms with van der Waals surface area (Å²) >= 11 is 5.97. The van der Waals surface area contributed by atoms with E-state index in [0.29, 0.717) is 12.4 Å². The maximum atomic E-state index is 13.9. The number of nitrogens with one attached hydrogen (secondary N) is 2. The molecule has 1 aliphatic rings. The van der Waals surface area contributed by atoms with Gasteiger partial charge in [-0.1, -0.05) is 48.0 Å². The molecule has 1 amide bonds. The molecule has 1 aliphatic heterocycles. The summed E-state index contributed by atoms with van der Waals surface area (Å²) in [4.78, 5) is 14.8. The zero-order valence-electron chi connectivity index (χ0n) is 14.5. The van der Waals surface area contributed by atoms with Crippen LogP contribution < -0.4 is 5.32 Å². The van der Waals surface area contributed by atoms with Crippen LogP contribution in [0.3, 0.4) is 0 Å². The average molecular weight is 385 g/mol. The first-order chi connectivity index (χ1) is 13.1. The molecular formula is C20H18ClFN4O. The van der Waals surface area contributed by atoms with Gasteiger partial charge in [-0.3, -0.25) is 14.8 Å². The van der Waals surface area contributed by atoms with Crippen LogP contribution in [0.5, 0.6) is 0 Å². The van der Waals surface area contributed by atoms with Crippen molar-refractivity contribution in [3.63, 3.8) is 0 Å². The first kappa shape index (κ1) is 17.7. The van der Waals surface area contributed by atoms with Crippen LogP contribution in [-0.2, 0) is 19.5 Å². The van der Waals surface area contributed by atoms with Crippen molar-refractivity contribution in [3.8, 4) is 0 Å². The minimum absolute atomic E-state index is 0.0749. The second-order valence-electron chi connectivity index (χ2n) is 6.53. The van der Waals surface area contributed by atoms with Crippen LogP contribution in [0.2, 0.25) is 5.02 Å². The summed E-state index contributed by atoms with van der Waals surface area (Å²) < 4.78 is 13.9. The van der Waals surface area contributed by atoms with E-state index in [1.165, 1.54) is 23.8 Å². The predicted molar refractivity (Wildman–Crippen MR) is 102 cm³/mol. The lowest BCUT2D eigenvalue weighted by Gasteiger charge is -2.26. The van der Waals surface area contributed by atoms with Crippen LogP contribution in [0, 0.1) is 5.82 Å². The van der Waals surface area contributed by atoms with Crippen LogP contribution in [0.1, 0.15) is 27.2 Å². The molecule has 2 aromatic carbocycles. The topological polar surface area (TPSA) is 61.0 Å². The number of H-pyrrole nitrogens is 1. The molecule has 27 heavy (non-hydrogen) atoms. The van der Waals surface area contributed by atoms with Crippen molar-refractivity contribution in [1.29, 1.82) is 0 Å². The number of benzene rings is 2. The van der Waals surface area contributed by atoms with Gasteiger partial charge in [-0.05, 0) is 24.1 Å². The predicted octanol–water partition coefficient (Wildman–Crippen LogP) is 4.01. The van der Waals surface area contributed by atoms with Crippen LogP contribution in [0.4, 0.5) is 10.2 Å². The van der Waals surface area contributed by atoms with E-state index in [-0.39, 0.29) is 10.6 Å².